The number of hydrogen-bond acceptors (Lipinski definition) is 4. The van der Waals surface area contributed by atoms with E-state index in [9.17, 15) is 18.8 Å². The van der Waals surface area contributed by atoms with Crippen molar-refractivity contribution in [3.05, 3.63) is 69.8 Å². The first-order valence-corrected chi connectivity index (χ1v) is 8.69. The number of thioether (sulfide) groups is 1. The predicted molar refractivity (Wildman–Crippen MR) is 99.2 cm³/mol. The standard InChI is InChI=1S/C18H12ClFN2O3S/c19-13-9-12(6-7-14(13)20)21-16(23)10-22-17(24)15(26-18(22)25)8-11-4-2-1-3-5-11/h1-9H,10H2,(H,21,23)/b15-8+. The Labute approximate surface area is 157 Å². The van der Waals surface area contributed by atoms with E-state index in [1.54, 1.807) is 18.2 Å². The molecule has 2 aromatic carbocycles. The van der Waals surface area contributed by atoms with E-state index in [2.05, 4.69) is 5.32 Å². The topological polar surface area (TPSA) is 66.5 Å². The molecule has 132 valence electrons. The smallest absolute Gasteiger partial charge is 0.294 e. The fourth-order valence-electron chi connectivity index (χ4n) is 2.25. The van der Waals surface area contributed by atoms with Gasteiger partial charge in [0.1, 0.15) is 12.4 Å². The molecule has 1 aliphatic heterocycles. The van der Waals surface area contributed by atoms with Crippen LogP contribution in [0.15, 0.2) is 53.4 Å². The minimum atomic E-state index is -0.610. The lowest BCUT2D eigenvalue weighted by Gasteiger charge is -2.12. The second kappa shape index (κ2) is 7.72. The van der Waals surface area contributed by atoms with Gasteiger partial charge in [-0.25, -0.2) is 4.39 Å². The first-order chi connectivity index (χ1) is 12.4. The Hall–Kier alpha value is -2.64. The van der Waals surface area contributed by atoms with E-state index >= 15 is 0 Å². The van der Waals surface area contributed by atoms with Crippen molar-refractivity contribution in [2.45, 2.75) is 0 Å². The van der Waals surface area contributed by atoms with Crippen molar-refractivity contribution in [3.8, 4) is 0 Å². The molecule has 1 aliphatic rings. The van der Waals surface area contributed by atoms with Crippen LogP contribution in [0.1, 0.15) is 5.56 Å². The number of halogens is 2. The Balaban J connectivity index is 1.68. The monoisotopic (exact) mass is 390 g/mol. The van der Waals surface area contributed by atoms with Gasteiger partial charge >= 0.3 is 0 Å². The van der Waals surface area contributed by atoms with Crippen molar-refractivity contribution in [1.82, 2.24) is 4.90 Å². The van der Waals surface area contributed by atoms with Crippen molar-refractivity contribution < 1.29 is 18.8 Å². The largest absolute Gasteiger partial charge is 0.324 e. The molecule has 0 radical (unpaired) electrons. The molecular formula is C18H12ClFN2O3S. The Kier molecular flexibility index (Phi) is 5.39. The van der Waals surface area contributed by atoms with Crippen LogP contribution in [0.3, 0.4) is 0 Å². The maximum Gasteiger partial charge on any atom is 0.294 e. The van der Waals surface area contributed by atoms with E-state index < -0.39 is 29.4 Å². The van der Waals surface area contributed by atoms with Gasteiger partial charge < -0.3 is 5.32 Å². The molecule has 5 nitrogen and oxygen atoms in total. The van der Waals surface area contributed by atoms with Crippen LogP contribution >= 0.6 is 23.4 Å². The summed E-state index contributed by atoms with van der Waals surface area (Å²) in [5, 5.41) is 1.81. The van der Waals surface area contributed by atoms with Crippen LogP contribution in [0.2, 0.25) is 5.02 Å². The number of nitrogens with zero attached hydrogens (tertiary/aromatic N) is 1. The van der Waals surface area contributed by atoms with Crippen molar-refractivity contribution >= 4 is 52.2 Å². The molecule has 1 N–H and O–H groups in total. The summed E-state index contributed by atoms with van der Waals surface area (Å²) in [6.07, 6.45) is 1.60. The van der Waals surface area contributed by atoms with E-state index in [4.69, 9.17) is 11.6 Å². The van der Waals surface area contributed by atoms with Crippen LogP contribution in [-0.4, -0.2) is 28.5 Å². The van der Waals surface area contributed by atoms with Crippen molar-refractivity contribution in [1.29, 1.82) is 0 Å². The summed E-state index contributed by atoms with van der Waals surface area (Å²) in [6.45, 7) is -0.439. The molecule has 1 saturated heterocycles. The molecule has 3 amide bonds. The van der Waals surface area contributed by atoms with Crippen LogP contribution in [0.25, 0.3) is 6.08 Å². The van der Waals surface area contributed by atoms with Crippen LogP contribution < -0.4 is 5.32 Å². The minimum Gasteiger partial charge on any atom is -0.324 e. The Morgan fingerprint density at radius 1 is 1.19 bits per heavy atom. The van der Waals surface area contributed by atoms with Gasteiger partial charge in [0, 0.05) is 5.69 Å². The van der Waals surface area contributed by atoms with Crippen LogP contribution in [0.4, 0.5) is 14.9 Å². The molecule has 0 bridgehead atoms. The maximum absolute atomic E-state index is 13.1. The first kappa shape index (κ1) is 18.2. The number of nitrogens with one attached hydrogen (secondary N) is 1. The third-order valence-corrected chi connectivity index (χ3v) is 4.67. The van der Waals surface area contributed by atoms with Crippen molar-refractivity contribution in [2.24, 2.45) is 0 Å². The summed E-state index contributed by atoms with van der Waals surface area (Å²) >= 11 is 6.43. The highest BCUT2D eigenvalue weighted by molar-refractivity contribution is 8.18. The number of hydrogen-bond donors (Lipinski definition) is 1. The van der Waals surface area contributed by atoms with E-state index in [0.717, 1.165) is 28.3 Å². The van der Waals surface area contributed by atoms with Gasteiger partial charge in [-0.2, -0.15) is 0 Å². The lowest BCUT2D eigenvalue weighted by molar-refractivity contribution is -0.127. The average molecular weight is 391 g/mol. The molecule has 0 aromatic heterocycles. The number of anilines is 1. The highest BCUT2D eigenvalue weighted by Crippen LogP contribution is 2.32. The zero-order valence-corrected chi connectivity index (χ0v) is 14.8. The molecule has 0 unspecified atom stereocenters. The number of amides is 3. The molecule has 0 spiro atoms. The summed E-state index contributed by atoms with van der Waals surface area (Å²) in [4.78, 5) is 37.6. The predicted octanol–water partition coefficient (Wildman–Crippen LogP) is 4.15. The van der Waals surface area contributed by atoms with Gasteiger partial charge in [-0.15, -0.1) is 0 Å². The summed E-state index contributed by atoms with van der Waals surface area (Å²) in [7, 11) is 0. The number of rotatable bonds is 4. The SMILES string of the molecule is O=C(CN1C(=O)S/C(=C/c2ccccc2)C1=O)Nc1ccc(F)c(Cl)c1. The summed E-state index contributed by atoms with van der Waals surface area (Å²) in [5.74, 6) is -1.73. The normalized spacial score (nSPS) is 15.6. The highest BCUT2D eigenvalue weighted by atomic mass is 35.5. The lowest BCUT2D eigenvalue weighted by atomic mass is 10.2. The molecule has 26 heavy (non-hydrogen) atoms. The molecule has 0 atom stereocenters. The van der Waals surface area contributed by atoms with Gasteiger partial charge in [0.2, 0.25) is 5.91 Å². The van der Waals surface area contributed by atoms with E-state index in [-0.39, 0.29) is 15.6 Å². The molecule has 0 aliphatic carbocycles. The van der Waals surface area contributed by atoms with E-state index in [0.29, 0.717) is 0 Å². The number of carbonyl (C=O) groups excluding carboxylic acids is 3. The fourth-order valence-corrected chi connectivity index (χ4v) is 3.27. The summed E-state index contributed by atoms with van der Waals surface area (Å²) < 4.78 is 13.1. The summed E-state index contributed by atoms with van der Waals surface area (Å²) in [5.41, 5.74) is 1.05. The van der Waals surface area contributed by atoms with Crippen LogP contribution in [0, 0.1) is 5.82 Å². The number of benzene rings is 2. The average Bonchev–Trinajstić information content (AvgIpc) is 2.86. The van der Waals surface area contributed by atoms with Gasteiger partial charge in [-0.1, -0.05) is 41.9 Å². The lowest BCUT2D eigenvalue weighted by Crippen LogP contribution is -2.36. The number of carbonyl (C=O) groups is 3. The van der Waals surface area contributed by atoms with E-state index in [1.165, 1.54) is 12.1 Å². The maximum atomic E-state index is 13.1. The third kappa shape index (κ3) is 4.12. The zero-order chi connectivity index (χ0) is 18.7. The van der Waals surface area contributed by atoms with E-state index in [1.807, 2.05) is 18.2 Å². The summed E-state index contributed by atoms with van der Waals surface area (Å²) in [6, 6.07) is 12.8. The van der Waals surface area contributed by atoms with Gasteiger partial charge in [0.15, 0.2) is 0 Å². The third-order valence-electron chi connectivity index (χ3n) is 3.48. The molecule has 0 saturated carbocycles. The second-order valence-electron chi connectivity index (χ2n) is 5.36. The number of imide groups is 1. The molecular weight excluding hydrogens is 379 g/mol. The van der Waals surface area contributed by atoms with Gasteiger partial charge in [0.05, 0.1) is 9.93 Å². The highest BCUT2D eigenvalue weighted by Gasteiger charge is 2.36. The Morgan fingerprint density at radius 2 is 1.92 bits per heavy atom. The van der Waals surface area contributed by atoms with Crippen LogP contribution in [0.5, 0.6) is 0 Å². The Bertz CT molecular complexity index is 918. The molecule has 1 fully saturated rings. The fraction of sp³-hybridized carbons (Fsp3) is 0.0556. The first-order valence-electron chi connectivity index (χ1n) is 7.49. The second-order valence-corrected chi connectivity index (χ2v) is 6.76. The zero-order valence-electron chi connectivity index (χ0n) is 13.2. The van der Waals surface area contributed by atoms with Gasteiger partial charge in [-0.3, -0.25) is 19.3 Å². The van der Waals surface area contributed by atoms with Crippen molar-refractivity contribution in [3.63, 3.8) is 0 Å². The quantitative estimate of drug-likeness (QED) is 0.796. The minimum absolute atomic E-state index is 0.139. The van der Waals surface area contributed by atoms with Gasteiger partial charge in [-0.05, 0) is 41.6 Å². The molecule has 8 heteroatoms. The molecule has 3 rings (SSSR count). The molecule has 1 heterocycles. The van der Waals surface area contributed by atoms with Crippen molar-refractivity contribution in [2.75, 3.05) is 11.9 Å². The van der Waals surface area contributed by atoms with Gasteiger partial charge in [0.25, 0.3) is 11.1 Å². The molecule has 2 aromatic rings. The van der Waals surface area contributed by atoms with Crippen LogP contribution in [-0.2, 0) is 9.59 Å². The Morgan fingerprint density at radius 3 is 2.62 bits per heavy atom.